The summed E-state index contributed by atoms with van der Waals surface area (Å²) in [6, 6.07) is 3.45. The number of rotatable bonds is 7. The number of nitrogens with zero attached hydrogens (tertiary/aromatic N) is 2. The number of anilines is 1. The molecular weight excluding hydrogens is 366 g/mol. The van der Waals surface area contributed by atoms with Gasteiger partial charge in [0.1, 0.15) is 4.88 Å². The molecule has 0 aliphatic rings. The summed E-state index contributed by atoms with van der Waals surface area (Å²) in [6.07, 6.45) is 2.19. The number of halogens is 1. The minimum Gasteiger partial charge on any atom is -0.493 e. The Morgan fingerprint density at radius 3 is 2.72 bits per heavy atom. The van der Waals surface area contributed by atoms with Gasteiger partial charge in [-0.1, -0.05) is 29.9 Å². The number of hydrogen-bond donors (Lipinski definition) is 1. The van der Waals surface area contributed by atoms with E-state index >= 15 is 0 Å². The van der Waals surface area contributed by atoms with Crippen LogP contribution in [-0.4, -0.2) is 38.5 Å². The van der Waals surface area contributed by atoms with Gasteiger partial charge in [0.15, 0.2) is 11.5 Å². The highest BCUT2D eigenvalue weighted by Gasteiger charge is 2.17. The van der Waals surface area contributed by atoms with Gasteiger partial charge in [0, 0.05) is 0 Å². The molecule has 0 fully saturated rings. The monoisotopic (exact) mass is 383 g/mol. The number of carbonyl (C=O) groups is 1. The molecule has 0 saturated heterocycles. The Morgan fingerprint density at radius 2 is 2.12 bits per heavy atom. The predicted molar refractivity (Wildman–Crippen MR) is 98.6 cm³/mol. The zero-order valence-corrected chi connectivity index (χ0v) is 15.8. The van der Waals surface area contributed by atoms with E-state index in [-0.39, 0.29) is 0 Å². The van der Waals surface area contributed by atoms with Gasteiger partial charge < -0.3 is 14.2 Å². The van der Waals surface area contributed by atoms with Crippen LogP contribution in [0.3, 0.4) is 0 Å². The second-order valence-corrected chi connectivity index (χ2v) is 6.15. The van der Waals surface area contributed by atoms with Crippen LogP contribution in [0.4, 0.5) is 5.13 Å². The maximum Gasteiger partial charge on any atom is 0.350 e. The molecule has 2 aromatic rings. The van der Waals surface area contributed by atoms with Gasteiger partial charge in [-0.15, -0.1) is 0 Å². The molecule has 1 N–H and O–H groups in total. The van der Waals surface area contributed by atoms with E-state index in [0.29, 0.717) is 38.6 Å². The average molecular weight is 384 g/mol. The molecule has 0 bridgehead atoms. The van der Waals surface area contributed by atoms with E-state index in [0.717, 1.165) is 5.56 Å². The molecule has 0 unspecified atom stereocenters. The first-order valence-electron chi connectivity index (χ1n) is 7.32. The normalized spacial score (nSPS) is 10.8. The fraction of sp³-hybridized carbons (Fsp3) is 0.312. The first-order valence-corrected chi connectivity index (χ1v) is 8.52. The smallest absolute Gasteiger partial charge is 0.350 e. The number of ether oxygens (including phenoxy) is 3. The molecule has 9 heteroatoms. The zero-order valence-electron chi connectivity index (χ0n) is 14.3. The minimum absolute atomic E-state index is 0.405. The van der Waals surface area contributed by atoms with Crippen LogP contribution in [0.2, 0.25) is 5.02 Å². The standard InChI is InChI=1S/C16H18ClN3O4S/c1-5-11-14(15(21)24-4)25-16(19-11)20-18-8-9-6-10(17)13(23-3)12(7-9)22-2/h6-8H,5H2,1-4H3,(H,19,20)/b18-8-. The third kappa shape index (κ3) is 4.40. The molecule has 0 aliphatic heterocycles. The summed E-state index contributed by atoms with van der Waals surface area (Å²) in [4.78, 5) is 16.5. The lowest BCUT2D eigenvalue weighted by Crippen LogP contribution is -2.01. The number of hydrogen-bond acceptors (Lipinski definition) is 8. The molecule has 0 atom stereocenters. The minimum atomic E-state index is -0.405. The van der Waals surface area contributed by atoms with Crippen molar-refractivity contribution >= 4 is 40.3 Å². The Balaban J connectivity index is 2.17. The number of nitrogens with one attached hydrogen (secondary N) is 1. The Hall–Kier alpha value is -2.32. The summed E-state index contributed by atoms with van der Waals surface area (Å²) >= 11 is 7.34. The Labute approximate surface area is 154 Å². The summed E-state index contributed by atoms with van der Waals surface area (Å²) in [7, 11) is 4.39. The van der Waals surface area contributed by atoms with Gasteiger partial charge in [-0.3, -0.25) is 5.43 Å². The molecule has 134 valence electrons. The van der Waals surface area contributed by atoms with E-state index in [4.69, 9.17) is 25.8 Å². The molecule has 1 aromatic heterocycles. The molecule has 1 heterocycles. The van der Waals surface area contributed by atoms with E-state index in [1.807, 2.05) is 6.92 Å². The van der Waals surface area contributed by atoms with Crippen LogP contribution in [0.1, 0.15) is 27.9 Å². The van der Waals surface area contributed by atoms with Crippen molar-refractivity contribution in [2.75, 3.05) is 26.8 Å². The summed E-state index contributed by atoms with van der Waals surface area (Å²) in [5.41, 5.74) is 4.19. The van der Waals surface area contributed by atoms with Gasteiger partial charge in [-0.25, -0.2) is 9.78 Å². The van der Waals surface area contributed by atoms with Gasteiger partial charge in [0.05, 0.1) is 38.3 Å². The number of thiazole rings is 1. The van der Waals surface area contributed by atoms with Crippen LogP contribution >= 0.6 is 22.9 Å². The zero-order chi connectivity index (χ0) is 18.4. The molecule has 25 heavy (non-hydrogen) atoms. The highest BCUT2D eigenvalue weighted by atomic mass is 35.5. The maximum absolute atomic E-state index is 11.7. The Morgan fingerprint density at radius 1 is 1.36 bits per heavy atom. The van der Waals surface area contributed by atoms with Gasteiger partial charge in [0.25, 0.3) is 0 Å². The van der Waals surface area contributed by atoms with E-state index in [9.17, 15) is 4.79 Å². The molecule has 0 saturated carbocycles. The van der Waals surface area contributed by atoms with Crippen molar-refractivity contribution in [3.63, 3.8) is 0 Å². The quantitative estimate of drug-likeness (QED) is 0.447. The van der Waals surface area contributed by atoms with Crippen LogP contribution in [0.5, 0.6) is 11.5 Å². The van der Waals surface area contributed by atoms with E-state index in [1.54, 1.807) is 18.3 Å². The SMILES string of the molecule is CCc1nc(N/N=C\c2cc(Cl)c(OC)c(OC)c2)sc1C(=O)OC. The number of esters is 1. The van der Waals surface area contributed by atoms with Gasteiger partial charge in [-0.05, 0) is 24.1 Å². The Kier molecular flexibility index (Phi) is 6.60. The lowest BCUT2D eigenvalue weighted by Gasteiger charge is -2.09. The molecule has 7 nitrogen and oxygen atoms in total. The van der Waals surface area contributed by atoms with Gasteiger partial charge in [-0.2, -0.15) is 5.10 Å². The van der Waals surface area contributed by atoms with Crippen LogP contribution in [0, 0.1) is 0 Å². The molecule has 1 aromatic carbocycles. The molecule has 0 amide bonds. The number of aryl methyl sites for hydroxylation is 1. The van der Waals surface area contributed by atoms with E-state index < -0.39 is 5.97 Å². The van der Waals surface area contributed by atoms with Crippen molar-refractivity contribution < 1.29 is 19.0 Å². The number of carbonyl (C=O) groups excluding carboxylic acids is 1. The highest BCUT2D eigenvalue weighted by molar-refractivity contribution is 7.17. The van der Waals surface area contributed by atoms with Gasteiger partial charge in [0.2, 0.25) is 5.13 Å². The number of aromatic nitrogens is 1. The van der Waals surface area contributed by atoms with E-state index in [2.05, 4.69) is 15.5 Å². The van der Waals surface area contributed by atoms with Crippen molar-refractivity contribution in [3.8, 4) is 11.5 Å². The topological polar surface area (TPSA) is 82.0 Å². The average Bonchev–Trinajstić information content (AvgIpc) is 3.03. The van der Waals surface area contributed by atoms with Crippen LogP contribution in [0.15, 0.2) is 17.2 Å². The second-order valence-electron chi connectivity index (χ2n) is 4.75. The largest absolute Gasteiger partial charge is 0.493 e. The first kappa shape index (κ1) is 19.0. The summed E-state index contributed by atoms with van der Waals surface area (Å²) in [6.45, 7) is 1.92. The van der Waals surface area contributed by atoms with Crippen LogP contribution in [-0.2, 0) is 11.2 Å². The number of benzene rings is 1. The third-order valence-corrected chi connectivity index (χ3v) is 4.50. The van der Waals surface area contributed by atoms with Crippen molar-refractivity contribution in [3.05, 3.63) is 33.3 Å². The van der Waals surface area contributed by atoms with Crippen molar-refractivity contribution in [2.45, 2.75) is 13.3 Å². The molecule has 0 aliphatic carbocycles. The highest BCUT2D eigenvalue weighted by Crippen LogP contribution is 2.35. The lowest BCUT2D eigenvalue weighted by atomic mass is 10.2. The second kappa shape index (κ2) is 8.68. The van der Waals surface area contributed by atoms with Crippen molar-refractivity contribution in [2.24, 2.45) is 5.10 Å². The molecule has 2 rings (SSSR count). The lowest BCUT2D eigenvalue weighted by molar-refractivity contribution is 0.0605. The fourth-order valence-electron chi connectivity index (χ4n) is 2.07. The van der Waals surface area contributed by atoms with Gasteiger partial charge >= 0.3 is 5.97 Å². The van der Waals surface area contributed by atoms with E-state index in [1.165, 1.54) is 32.7 Å². The van der Waals surface area contributed by atoms with Crippen molar-refractivity contribution in [1.82, 2.24) is 4.98 Å². The number of hydrazone groups is 1. The maximum atomic E-state index is 11.7. The third-order valence-electron chi connectivity index (χ3n) is 3.23. The fourth-order valence-corrected chi connectivity index (χ4v) is 3.28. The summed E-state index contributed by atoms with van der Waals surface area (Å²) in [5, 5.41) is 5.04. The molecule has 0 spiro atoms. The summed E-state index contributed by atoms with van der Waals surface area (Å²) < 4.78 is 15.2. The number of methoxy groups -OCH3 is 3. The first-order chi connectivity index (χ1) is 12.0. The van der Waals surface area contributed by atoms with Crippen molar-refractivity contribution in [1.29, 1.82) is 0 Å². The molecule has 0 radical (unpaired) electrons. The van der Waals surface area contributed by atoms with Crippen LogP contribution in [0.25, 0.3) is 0 Å². The van der Waals surface area contributed by atoms with Crippen LogP contribution < -0.4 is 14.9 Å². The Bertz CT molecular complexity index is 792. The molecular formula is C16H18ClN3O4S. The summed E-state index contributed by atoms with van der Waals surface area (Å²) in [5.74, 6) is 0.564. The predicted octanol–water partition coefficient (Wildman–Crippen LogP) is 3.61.